The van der Waals surface area contributed by atoms with E-state index in [1.54, 1.807) is 45.4 Å². The van der Waals surface area contributed by atoms with Gasteiger partial charge in [0, 0.05) is 24.9 Å². The molecular formula is C19H22N2O4S. The lowest BCUT2D eigenvalue weighted by atomic mass is 10.2. The van der Waals surface area contributed by atoms with E-state index in [4.69, 9.17) is 26.4 Å². The number of methoxy groups -OCH3 is 2. The lowest BCUT2D eigenvalue weighted by molar-refractivity contribution is 0.189. The molecule has 0 unspecified atom stereocenters. The predicted molar refractivity (Wildman–Crippen MR) is 107 cm³/mol. The van der Waals surface area contributed by atoms with Gasteiger partial charge in [0.25, 0.3) is 0 Å². The maximum atomic E-state index is 12.7. The molecule has 0 saturated carbocycles. The quantitative estimate of drug-likeness (QED) is 0.736. The van der Waals surface area contributed by atoms with Crippen molar-refractivity contribution >= 4 is 34.7 Å². The molecule has 0 radical (unpaired) electrons. The van der Waals surface area contributed by atoms with Crippen molar-refractivity contribution in [1.29, 1.82) is 0 Å². The third-order valence-corrected chi connectivity index (χ3v) is 3.57. The summed E-state index contributed by atoms with van der Waals surface area (Å²) in [6.45, 7) is 2.50. The second-order valence-corrected chi connectivity index (χ2v) is 6.04. The molecule has 0 saturated heterocycles. The number of thiocarbonyl (C=S) groups is 1. The van der Waals surface area contributed by atoms with Crippen molar-refractivity contribution in [3.05, 3.63) is 48.5 Å². The van der Waals surface area contributed by atoms with Gasteiger partial charge in [-0.15, -0.1) is 0 Å². The van der Waals surface area contributed by atoms with E-state index in [0.717, 1.165) is 5.69 Å². The lowest BCUT2D eigenvalue weighted by Gasteiger charge is -2.22. The average molecular weight is 374 g/mol. The zero-order valence-electron chi connectivity index (χ0n) is 15.0. The molecule has 26 heavy (non-hydrogen) atoms. The molecule has 0 spiro atoms. The van der Waals surface area contributed by atoms with Crippen LogP contribution in [0.5, 0.6) is 11.5 Å². The number of hydrogen-bond donors (Lipinski definition) is 1. The van der Waals surface area contributed by atoms with Gasteiger partial charge in [-0.25, -0.2) is 4.79 Å². The molecule has 0 aliphatic carbocycles. The number of nitrogens with zero attached hydrogens (tertiary/aromatic N) is 1. The van der Waals surface area contributed by atoms with Crippen molar-refractivity contribution in [2.75, 3.05) is 37.6 Å². The van der Waals surface area contributed by atoms with Gasteiger partial charge in [-0.1, -0.05) is 24.4 Å². The maximum Gasteiger partial charge on any atom is 0.419 e. The SMILES string of the molecule is COCCN(C(=O)Oc1cccc(NC(C)=S)c1)c1cccc(OC)c1. The Labute approximate surface area is 158 Å². The van der Waals surface area contributed by atoms with Crippen LogP contribution < -0.4 is 19.7 Å². The summed E-state index contributed by atoms with van der Waals surface area (Å²) < 4.78 is 15.9. The first-order valence-electron chi connectivity index (χ1n) is 8.03. The minimum atomic E-state index is -0.508. The number of amides is 1. The second-order valence-electron chi connectivity index (χ2n) is 5.42. The molecule has 138 valence electrons. The van der Waals surface area contributed by atoms with E-state index in [0.29, 0.717) is 35.3 Å². The van der Waals surface area contributed by atoms with Crippen molar-refractivity contribution in [2.24, 2.45) is 0 Å². The maximum absolute atomic E-state index is 12.7. The second kappa shape index (κ2) is 9.74. The average Bonchev–Trinajstić information content (AvgIpc) is 2.62. The fourth-order valence-corrected chi connectivity index (χ4v) is 2.40. The van der Waals surface area contributed by atoms with Gasteiger partial charge < -0.3 is 19.5 Å². The molecule has 0 fully saturated rings. The Bertz CT molecular complexity index is 767. The van der Waals surface area contributed by atoms with Gasteiger partial charge in [0.2, 0.25) is 0 Å². The summed E-state index contributed by atoms with van der Waals surface area (Å²) in [5, 5.41) is 3.02. The molecule has 1 amide bonds. The van der Waals surface area contributed by atoms with Crippen molar-refractivity contribution in [3.63, 3.8) is 0 Å². The van der Waals surface area contributed by atoms with E-state index >= 15 is 0 Å². The Kier molecular flexibility index (Phi) is 7.37. The molecule has 0 aliphatic heterocycles. The Morgan fingerprint density at radius 2 is 1.85 bits per heavy atom. The largest absolute Gasteiger partial charge is 0.497 e. The number of carbonyl (C=O) groups excluding carboxylic acids is 1. The first kappa shape index (κ1) is 19.7. The van der Waals surface area contributed by atoms with E-state index in [9.17, 15) is 4.79 Å². The minimum absolute atomic E-state index is 0.347. The molecule has 2 aromatic rings. The summed E-state index contributed by atoms with van der Waals surface area (Å²) in [5.41, 5.74) is 1.42. The molecule has 2 aromatic carbocycles. The van der Waals surface area contributed by atoms with Crippen LogP contribution in [0, 0.1) is 0 Å². The number of anilines is 2. The van der Waals surface area contributed by atoms with Gasteiger partial charge in [0.1, 0.15) is 11.5 Å². The molecule has 0 heterocycles. The van der Waals surface area contributed by atoms with Gasteiger partial charge in [0.05, 0.1) is 30.9 Å². The van der Waals surface area contributed by atoms with Gasteiger partial charge in [-0.2, -0.15) is 0 Å². The standard InChI is InChI=1S/C19H22N2O4S/c1-14(26)20-15-6-4-9-18(12-15)25-19(22)21(10-11-23-2)16-7-5-8-17(13-16)24-3/h4-9,12-13H,10-11H2,1-3H3,(H,20,26). The van der Waals surface area contributed by atoms with E-state index in [-0.39, 0.29) is 0 Å². The highest BCUT2D eigenvalue weighted by Gasteiger charge is 2.18. The third-order valence-electron chi connectivity index (χ3n) is 3.46. The summed E-state index contributed by atoms with van der Waals surface area (Å²) in [4.78, 5) is 14.8. The Morgan fingerprint density at radius 1 is 1.12 bits per heavy atom. The highest BCUT2D eigenvalue weighted by molar-refractivity contribution is 7.80. The molecule has 6 nitrogen and oxygen atoms in total. The van der Waals surface area contributed by atoms with Crippen LogP contribution in [0.1, 0.15) is 6.92 Å². The number of hydrogen-bond acceptors (Lipinski definition) is 5. The molecule has 0 aliphatic rings. The number of nitrogens with one attached hydrogen (secondary N) is 1. The van der Waals surface area contributed by atoms with Crippen LogP contribution in [-0.2, 0) is 4.74 Å². The minimum Gasteiger partial charge on any atom is -0.497 e. The predicted octanol–water partition coefficient (Wildman–Crippen LogP) is 4.11. The summed E-state index contributed by atoms with van der Waals surface area (Å²) in [6.07, 6.45) is -0.508. The number of carbonyl (C=O) groups is 1. The summed E-state index contributed by atoms with van der Waals surface area (Å²) in [5.74, 6) is 1.07. The molecule has 0 aromatic heterocycles. The topological polar surface area (TPSA) is 60.0 Å². The van der Waals surface area contributed by atoms with Crippen molar-refractivity contribution < 1.29 is 19.0 Å². The number of rotatable bonds is 7. The number of ether oxygens (including phenoxy) is 3. The lowest BCUT2D eigenvalue weighted by Crippen LogP contribution is -2.36. The third kappa shape index (κ3) is 5.72. The molecular weight excluding hydrogens is 352 g/mol. The van der Waals surface area contributed by atoms with Crippen LogP contribution in [0.4, 0.5) is 16.2 Å². The van der Waals surface area contributed by atoms with Crippen LogP contribution in [0.15, 0.2) is 48.5 Å². The monoisotopic (exact) mass is 374 g/mol. The Balaban J connectivity index is 2.19. The van der Waals surface area contributed by atoms with Gasteiger partial charge in [-0.3, -0.25) is 4.90 Å². The van der Waals surface area contributed by atoms with E-state index in [1.807, 2.05) is 24.3 Å². The van der Waals surface area contributed by atoms with Crippen molar-refractivity contribution in [2.45, 2.75) is 6.92 Å². The highest BCUT2D eigenvalue weighted by Crippen LogP contribution is 2.23. The van der Waals surface area contributed by atoms with Crippen molar-refractivity contribution in [3.8, 4) is 11.5 Å². The van der Waals surface area contributed by atoms with E-state index in [2.05, 4.69) is 5.32 Å². The Morgan fingerprint density at radius 3 is 2.54 bits per heavy atom. The van der Waals surface area contributed by atoms with Crippen molar-refractivity contribution in [1.82, 2.24) is 0 Å². The van der Waals surface area contributed by atoms with E-state index in [1.165, 1.54) is 4.90 Å². The fraction of sp³-hybridized carbons (Fsp3) is 0.263. The van der Waals surface area contributed by atoms with Crippen LogP contribution in [0.25, 0.3) is 0 Å². The van der Waals surface area contributed by atoms with Crippen LogP contribution >= 0.6 is 12.2 Å². The van der Waals surface area contributed by atoms with Crippen LogP contribution in [0.3, 0.4) is 0 Å². The fourth-order valence-electron chi connectivity index (χ4n) is 2.28. The number of benzene rings is 2. The first-order chi connectivity index (χ1) is 12.5. The van der Waals surface area contributed by atoms with Crippen LogP contribution in [-0.4, -0.2) is 38.5 Å². The van der Waals surface area contributed by atoms with Gasteiger partial charge in [0.15, 0.2) is 0 Å². The first-order valence-corrected chi connectivity index (χ1v) is 8.44. The molecule has 2 rings (SSSR count). The molecule has 0 atom stereocenters. The normalized spacial score (nSPS) is 10.1. The van der Waals surface area contributed by atoms with Crippen LogP contribution in [0.2, 0.25) is 0 Å². The smallest absolute Gasteiger partial charge is 0.419 e. The Hall–Kier alpha value is -2.64. The van der Waals surface area contributed by atoms with Gasteiger partial charge in [-0.05, 0) is 31.2 Å². The zero-order chi connectivity index (χ0) is 18.9. The molecule has 0 bridgehead atoms. The summed E-state index contributed by atoms with van der Waals surface area (Å²) in [6, 6.07) is 14.3. The summed E-state index contributed by atoms with van der Waals surface area (Å²) >= 11 is 5.03. The summed E-state index contributed by atoms with van der Waals surface area (Å²) in [7, 11) is 3.16. The molecule has 1 N–H and O–H groups in total. The van der Waals surface area contributed by atoms with Gasteiger partial charge >= 0.3 is 6.09 Å². The highest BCUT2D eigenvalue weighted by atomic mass is 32.1. The zero-order valence-corrected chi connectivity index (χ0v) is 15.8. The van der Waals surface area contributed by atoms with E-state index < -0.39 is 6.09 Å². The molecule has 7 heteroatoms.